The van der Waals surface area contributed by atoms with Crippen molar-refractivity contribution in [3.05, 3.63) is 69.7 Å². The van der Waals surface area contributed by atoms with Crippen molar-refractivity contribution in [2.75, 3.05) is 56.8 Å². The van der Waals surface area contributed by atoms with E-state index in [0.717, 1.165) is 30.9 Å². The van der Waals surface area contributed by atoms with Crippen molar-refractivity contribution in [1.29, 1.82) is 0 Å². The highest BCUT2D eigenvalue weighted by molar-refractivity contribution is 6.34. The first-order chi connectivity index (χ1) is 21.2. The van der Waals surface area contributed by atoms with Crippen molar-refractivity contribution in [3.63, 3.8) is 0 Å². The van der Waals surface area contributed by atoms with Gasteiger partial charge in [-0.25, -0.2) is 9.78 Å². The molecule has 11 nitrogen and oxygen atoms in total. The third-order valence-electron chi connectivity index (χ3n) is 8.17. The number of nitrogens with zero attached hydrogens (tertiary/aromatic N) is 4. The zero-order valence-corrected chi connectivity index (χ0v) is 26.5. The zero-order chi connectivity index (χ0) is 31.4. The first kappa shape index (κ1) is 31.8. The Hall–Kier alpha value is -3.64. The molecule has 4 heterocycles. The van der Waals surface area contributed by atoms with Crippen LogP contribution in [-0.2, 0) is 14.2 Å². The van der Waals surface area contributed by atoms with Crippen molar-refractivity contribution in [2.24, 2.45) is 5.73 Å². The average molecular weight is 625 g/mol. The van der Waals surface area contributed by atoms with Crippen LogP contribution in [0.15, 0.2) is 53.7 Å². The lowest BCUT2D eigenvalue weighted by atomic mass is 9.97. The molecule has 0 amide bonds. The van der Waals surface area contributed by atoms with Gasteiger partial charge in [-0.2, -0.15) is 0 Å². The van der Waals surface area contributed by atoms with E-state index in [1.807, 2.05) is 56.4 Å². The van der Waals surface area contributed by atoms with Gasteiger partial charge in [0.2, 0.25) is 5.43 Å². The second kappa shape index (κ2) is 13.6. The largest absolute Gasteiger partial charge is 0.462 e. The van der Waals surface area contributed by atoms with Gasteiger partial charge in [0.25, 0.3) is 0 Å². The minimum Gasteiger partial charge on any atom is -0.462 e. The van der Waals surface area contributed by atoms with Crippen molar-refractivity contribution < 1.29 is 19.0 Å². The number of nitrogens with one attached hydrogen (secondary N) is 1. The summed E-state index contributed by atoms with van der Waals surface area (Å²) in [5, 5.41) is 4.04. The Morgan fingerprint density at radius 1 is 1.30 bits per heavy atom. The molecule has 0 spiro atoms. The van der Waals surface area contributed by atoms with Crippen LogP contribution in [0.1, 0.15) is 43.5 Å². The molecule has 1 saturated heterocycles. The van der Waals surface area contributed by atoms with Crippen LogP contribution in [-0.4, -0.2) is 80.4 Å². The van der Waals surface area contributed by atoms with Crippen molar-refractivity contribution in [3.8, 4) is 5.69 Å². The Morgan fingerprint density at radius 3 is 2.82 bits per heavy atom. The SMILES string of the molecule is CCOC(=O)c1cn(-c2ccc(N(C)C)nc2)c2cc(N3CCC[C@@H]3COC3NC=CCC3(C)OCCN)c(Cl)cc2c1=O. The number of hydrogen-bond donors (Lipinski definition) is 2. The Kier molecular flexibility index (Phi) is 9.79. The lowest BCUT2D eigenvalue weighted by Crippen LogP contribution is -2.54. The second-order valence-corrected chi connectivity index (χ2v) is 11.9. The number of carbonyl (C=O) groups is 1. The predicted molar refractivity (Wildman–Crippen MR) is 173 cm³/mol. The highest BCUT2D eigenvalue weighted by Crippen LogP contribution is 2.36. The fraction of sp³-hybridized carbons (Fsp3) is 0.469. The molecule has 1 fully saturated rings. The van der Waals surface area contributed by atoms with E-state index in [4.69, 9.17) is 31.5 Å². The summed E-state index contributed by atoms with van der Waals surface area (Å²) >= 11 is 6.90. The maximum absolute atomic E-state index is 13.6. The normalized spacial score (nSPS) is 21.5. The lowest BCUT2D eigenvalue weighted by molar-refractivity contribution is -0.147. The summed E-state index contributed by atoms with van der Waals surface area (Å²) in [6, 6.07) is 7.40. The van der Waals surface area contributed by atoms with Crippen LogP contribution in [0.25, 0.3) is 16.6 Å². The summed E-state index contributed by atoms with van der Waals surface area (Å²) in [6.07, 6.45) is 9.43. The van der Waals surface area contributed by atoms with Gasteiger partial charge in [-0.3, -0.25) is 4.79 Å². The fourth-order valence-corrected chi connectivity index (χ4v) is 6.10. The molecule has 2 aliphatic heterocycles. The van der Waals surface area contributed by atoms with Crippen LogP contribution in [0.3, 0.4) is 0 Å². The number of carbonyl (C=O) groups excluding carboxylic acids is 1. The predicted octanol–water partition coefficient (Wildman–Crippen LogP) is 3.83. The van der Waals surface area contributed by atoms with Gasteiger partial charge in [0.1, 0.15) is 17.0 Å². The quantitative estimate of drug-likeness (QED) is 0.304. The topological polar surface area (TPSA) is 124 Å². The summed E-state index contributed by atoms with van der Waals surface area (Å²) in [7, 11) is 3.82. The molecule has 44 heavy (non-hydrogen) atoms. The van der Waals surface area contributed by atoms with Crippen molar-refractivity contribution in [1.82, 2.24) is 14.9 Å². The van der Waals surface area contributed by atoms with Gasteiger partial charge in [0, 0.05) is 45.2 Å². The van der Waals surface area contributed by atoms with Gasteiger partial charge in [0.15, 0.2) is 6.23 Å². The Bertz CT molecular complexity index is 1580. The number of anilines is 2. The summed E-state index contributed by atoms with van der Waals surface area (Å²) in [5.74, 6) is 0.0948. The molecular formula is C32H41ClN6O5. The molecule has 0 aliphatic carbocycles. The number of hydrogen-bond acceptors (Lipinski definition) is 10. The highest BCUT2D eigenvalue weighted by atomic mass is 35.5. The van der Waals surface area contributed by atoms with Crippen LogP contribution < -0.4 is 26.3 Å². The Labute approximate surface area is 262 Å². The Balaban J connectivity index is 1.52. The van der Waals surface area contributed by atoms with E-state index < -0.39 is 17.0 Å². The molecule has 3 atom stereocenters. The molecule has 0 bridgehead atoms. The number of pyridine rings is 2. The molecule has 3 N–H and O–H groups in total. The van der Waals surface area contributed by atoms with Crippen LogP contribution in [0.5, 0.6) is 0 Å². The number of halogens is 1. The first-order valence-electron chi connectivity index (χ1n) is 15.0. The average Bonchev–Trinajstić information content (AvgIpc) is 3.48. The fourth-order valence-electron chi connectivity index (χ4n) is 5.82. The van der Waals surface area contributed by atoms with Gasteiger partial charge in [-0.1, -0.05) is 17.7 Å². The molecule has 0 saturated carbocycles. The van der Waals surface area contributed by atoms with Crippen LogP contribution in [0.2, 0.25) is 5.02 Å². The standard InChI is InChI=1S/C32H41ClN6O5/c1-5-42-30(41)24-19-39(21-9-10-28(36-18-21)37(3)4)26-17-27(25(33)16-23(26)29(24)40)38-14-6-8-22(38)20-43-31-32(2,44-15-12-34)11-7-13-35-31/h7,9-10,13,16-19,22,31,35H,5-6,8,11-12,14-15,20,34H2,1-4H3/t22-,31?,32?/m1/s1. The van der Waals surface area contributed by atoms with Crippen LogP contribution >= 0.6 is 11.6 Å². The van der Waals surface area contributed by atoms with Crippen LogP contribution in [0.4, 0.5) is 11.5 Å². The van der Waals surface area contributed by atoms with E-state index in [9.17, 15) is 9.59 Å². The van der Waals surface area contributed by atoms with E-state index in [0.29, 0.717) is 47.8 Å². The molecule has 2 aliphatic rings. The number of esters is 1. The second-order valence-electron chi connectivity index (χ2n) is 11.5. The summed E-state index contributed by atoms with van der Waals surface area (Å²) in [4.78, 5) is 35.1. The van der Waals surface area contributed by atoms with Gasteiger partial charge >= 0.3 is 5.97 Å². The van der Waals surface area contributed by atoms with E-state index >= 15 is 0 Å². The minimum atomic E-state index is -0.684. The molecule has 2 unspecified atom stereocenters. The van der Waals surface area contributed by atoms with E-state index in [2.05, 4.69) is 15.2 Å². The number of rotatable bonds is 11. The van der Waals surface area contributed by atoms with Gasteiger partial charge < -0.3 is 39.6 Å². The van der Waals surface area contributed by atoms with E-state index in [-0.39, 0.29) is 24.4 Å². The summed E-state index contributed by atoms with van der Waals surface area (Å²) in [5.41, 5.74) is 6.74. The summed E-state index contributed by atoms with van der Waals surface area (Å²) in [6.45, 7) is 5.99. The number of fused-ring (bicyclic) bond motifs is 1. The van der Waals surface area contributed by atoms with E-state index in [1.54, 1.807) is 23.8 Å². The number of nitrogens with two attached hydrogens (primary N) is 1. The molecule has 2 aromatic heterocycles. The molecule has 1 aromatic carbocycles. The summed E-state index contributed by atoms with van der Waals surface area (Å²) < 4.78 is 19.5. The maximum Gasteiger partial charge on any atom is 0.343 e. The van der Waals surface area contributed by atoms with Crippen molar-refractivity contribution >= 4 is 40.0 Å². The number of aromatic nitrogens is 2. The molecule has 0 radical (unpaired) electrons. The first-order valence-corrected chi connectivity index (χ1v) is 15.4. The monoisotopic (exact) mass is 624 g/mol. The van der Waals surface area contributed by atoms with E-state index in [1.165, 1.54) is 6.20 Å². The van der Waals surface area contributed by atoms with Gasteiger partial charge in [-0.05, 0) is 57.2 Å². The molecule has 236 valence electrons. The maximum atomic E-state index is 13.6. The zero-order valence-electron chi connectivity index (χ0n) is 25.7. The van der Waals surface area contributed by atoms with Gasteiger partial charge in [0.05, 0.1) is 54.0 Å². The van der Waals surface area contributed by atoms with Gasteiger partial charge in [-0.15, -0.1) is 0 Å². The number of ether oxygens (including phenoxy) is 3. The minimum absolute atomic E-state index is 0.0523. The number of benzene rings is 1. The Morgan fingerprint density at radius 2 is 2.11 bits per heavy atom. The lowest BCUT2D eigenvalue weighted by Gasteiger charge is -2.40. The molecule has 12 heteroatoms. The van der Waals surface area contributed by atoms with Crippen LogP contribution in [0, 0.1) is 0 Å². The smallest absolute Gasteiger partial charge is 0.343 e. The third kappa shape index (κ3) is 6.41. The molecule has 5 rings (SSSR count). The highest BCUT2D eigenvalue weighted by Gasteiger charge is 2.38. The molecule has 3 aromatic rings. The molecular weight excluding hydrogens is 584 g/mol. The van der Waals surface area contributed by atoms with Crippen molar-refractivity contribution in [2.45, 2.75) is 51.0 Å². The third-order valence-corrected chi connectivity index (χ3v) is 8.47.